The summed E-state index contributed by atoms with van der Waals surface area (Å²) in [4.78, 5) is 4.62. The third-order valence-electron chi connectivity index (χ3n) is 3.55. The second-order valence-electron chi connectivity index (χ2n) is 4.96. The maximum absolute atomic E-state index is 6.23. The molecule has 0 atom stereocenters. The number of pyridine rings is 1. The van der Waals surface area contributed by atoms with Crippen molar-refractivity contribution in [3.63, 3.8) is 0 Å². The SMILES string of the molecule is Clc1cc(Cl)c2ccn(Cc3cn4ccccc4n3)c2c1. The predicted octanol–water partition coefficient (Wildman–Crippen LogP) is 4.64. The standard InChI is InChI=1S/C16H11Cl2N3/c17-11-7-14(18)13-4-6-20(15(13)8-11)9-12-10-21-5-2-1-3-16(21)19-12/h1-8,10H,9H2. The van der Waals surface area contributed by atoms with Gasteiger partial charge in [-0.15, -0.1) is 0 Å². The minimum absolute atomic E-state index is 0.641. The monoisotopic (exact) mass is 315 g/mol. The van der Waals surface area contributed by atoms with E-state index in [0.29, 0.717) is 16.6 Å². The molecule has 0 aliphatic rings. The van der Waals surface area contributed by atoms with Gasteiger partial charge in [0.15, 0.2) is 0 Å². The van der Waals surface area contributed by atoms with Crippen LogP contribution in [0.2, 0.25) is 10.0 Å². The molecule has 0 N–H and O–H groups in total. The molecule has 104 valence electrons. The molecule has 0 aliphatic heterocycles. The van der Waals surface area contributed by atoms with Gasteiger partial charge in [-0.3, -0.25) is 0 Å². The summed E-state index contributed by atoms with van der Waals surface area (Å²) < 4.78 is 4.12. The van der Waals surface area contributed by atoms with Crippen LogP contribution >= 0.6 is 23.2 Å². The van der Waals surface area contributed by atoms with Gasteiger partial charge in [0.05, 0.1) is 22.8 Å². The molecule has 3 aromatic heterocycles. The molecule has 0 amide bonds. The molecule has 0 unspecified atom stereocenters. The molecule has 3 heterocycles. The quantitative estimate of drug-likeness (QED) is 0.528. The number of fused-ring (bicyclic) bond motifs is 2. The van der Waals surface area contributed by atoms with E-state index < -0.39 is 0 Å². The van der Waals surface area contributed by atoms with Gasteiger partial charge >= 0.3 is 0 Å². The van der Waals surface area contributed by atoms with Gasteiger partial charge in [-0.25, -0.2) is 4.98 Å². The Balaban J connectivity index is 1.80. The van der Waals surface area contributed by atoms with Crippen molar-refractivity contribution in [2.45, 2.75) is 6.54 Å². The van der Waals surface area contributed by atoms with Crippen LogP contribution in [0.3, 0.4) is 0 Å². The van der Waals surface area contributed by atoms with Crippen LogP contribution in [-0.4, -0.2) is 14.0 Å². The summed E-state index contributed by atoms with van der Waals surface area (Å²) in [5.74, 6) is 0. The lowest BCUT2D eigenvalue weighted by Crippen LogP contribution is -1.97. The molecule has 4 aromatic rings. The second kappa shape index (κ2) is 4.79. The zero-order valence-electron chi connectivity index (χ0n) is 11.0. The zero-order valence-corrected chi connectivity index (χ0v) is 12.5. The number of nitrogens with zero attached hydrogens (tertiary/aromatic N) is 3. The van der Waals surface area contributed by atoms with Gasteiger partial charge in [0.25, 0.3) is 0 Å². The van der Waals surface area contributed by atoms with Crippen molar-refractivity contribution < 1.29 is 0 Å². The van der Waals surface area contributed by atoms with Gasteiger partial charge in [0, 0.05) is 29.0 Å². The Morgan fingerprint density at radius 2 is 1.95 bits per heavy atom. The first-order valence-electron chi connectivity index (χ1n) is 6.57. The van der Waals surface area contributed by atoms with Crippen LogP contribution in [0.15, 0.2) is 55.0 Å². The summed E-state index contributed by atoms with van der Waals surface area (Å²) in [6.07, 6.45) is 6.04. The third kappa shape index (κ3) is 2.19. The highest BCUT2D eigenvalue weighted by molar-refractivity contribution is 6.38. The van der Waals surface area contributed by atoms with E-state index >= 15 is 0 Å². The summed E-state index contributed by atoms with van der Waals surface area (Å²) in [6, 6.07) is 11.7. The van der Waals surface area contributed by atoms with Crippen LogP contribution in [0.5, 0.6) is 0 Å². The largest absolute Gasteiger partial charge is 0.341 e. The Hall–Kier alpha value is -1.97. The zero-order chi connectivity index (χ0) is 14.4. The van der Waals surface area contributed by atoms with Gasteiger partial charge in [0.2, 0.25) is 0 Å². The van der Waals surface area contributed by atoms with Crippen molar-refractivity contribution in [2.75, 3.05) is 0 Å². The normalized spacial score (nSPS) is 11.5. The van der Waals surface area contributed by atoms with E-state index in [2.05, 4.69) is 9.55 Å². The number of aromatic nitrogens is 3. The van der Waals surface area contributed by atoms with Crippen molar-refractivity contribution in [2.24, 2.45) is 0 Å². The van der Waals surface area contributed by atoms with Crippen LogP contribution in [0, 0.1) is 0 Å². The molecule has 5 heteroatoms. The van der Waals surface area contributed by atoms with Crippen LogP contribution < -0.4 is 0 Å². The first-order valence-corrected chi connectivity index (χ1v) is 7.33. The van der Waals surface area contributed by atoms with Crippen molar-refractivity contribution >= 4 is 39.8 Å². The maximum atomic E-state index is 6.23. The Bertz CT molecular complexity index is 920. The van der Waals surface area contributed by atoms with Crippen molar-refractivity contribution in [3.05, 3.63) is 70.7 Å². The number of imidazole rings is 1. The number of rotatable bonds is 2. The molecular weight excluding hydrogens is 305 g/mol. The first kappa shape index (κ1) is 12.7. The molecule has 0 radical (unpaired) electrons. The lowest BCUT2D eigenvalue weighted by atomic mass is 10.2. The second-order valence-corrected chi connectivity index (χ2v) is 5.81. The minimum Gasteiger partial charge on any atom is -0.341 e. The maximum Gasteiger partial charge on any atom is 0.137 e. The van der Waals surface area contributed by atoms with Gasteiger partial charge in [0.1, 0.15) is 5.65 Å². The van der Waals surface area contributed by atoms with E-state index in [9.17, 15) is 0 Å². The fraction of sp³-hybridized carbons (Fsp3) is 0.0625. The highest BCUT2D eigenvalue weighted by Crippen LogP contribution is 2.29. The molecule has 3 nitrogen and oxygen atoms in total. The van der Waals surface area contributed by atoms with E-state index in [1.807, 2.05) is 53.3 Å². The smallest absolute Gasteiger partial charge is 0.137 e. The first-order chi connectivity index (χ1) is 10.2. The van der Waals surface area contributed by atoms with Crippen LogP contribution in [-0.2, 0) is 6.54 Å². The Morgan fingerprint density at radius 3 is 2.81 bits per heavy atom. The van der Waals surface area contributed by atoms with Gasteiger partial charge in [-0.1, -0.05) is 29.3 Å². The van der Waals surface area contributed by atoms with E-state index in [4.69, 9.17) is 23.2 Å². The lowest BCUT2D eigenvalue weighted by Gasteiger charge is -2.04. The van der Waals surface area contributed by atoms with Crippen LogP contribution in [0.4, 0.5) is 0 Å². The molecule has 1 aromatic carbocycles. The van der Waals surface area contributed by atoms with Crippen LogP contribution in [0.1, 0.15) is 5.69 Å². The fourth-order valence-electron chi connectivity index (χ4n) is 2.59. The molecule has 0 saturated heterocycles. The van der Waals surface area contributed by atoms with E-state index in [-0.39, 0.29) is 0 Å². The summed E-state index contributed by atoms with van der Waals surface area (Å²) >= 11 is 12.3. The molecule has 0 spiro atoms. The highest BCUT2D eigenvalue weighted by atomic mass is 35.5. The van der Waals surface area contributed by atoms with Crippen LogP contribution in [0.25, 0.3) is 16.6 Å². The van der Waals surface area contributed by atoms with Crippen molar-refractivity contribution in [3.8, 4) is 0 Å². The van der Waals surface area contributed by atoms with E-state index in [1.54, 1.807) is 6.07 Å². The molecule has 21 heavy (non-hydrogen) atoms. The Morgan fingerprint density at radius 1 is 1.05 bits per heavy atom. The lowest BCUT2D eigenvalue weighted by molar-refractivity contribution is 0.815. The molecular formula is C16H11Cl2N3. The molecule has 0 saturated carbocycles. The molecule has 0 bridgehead atoms. The summed E-state index contributed by atoms with van der Waals surface area (Å²) in [5, 5.41) is 2.32. The van der Waals surface area contributed by atoms with Gasteiger partial charge in [-0.05, 0) is 30.3 Å². The topological polar surface area (TPSA) is 22.2 Å². The molecule has 0 fully saturated rings. The van der Waals surface area contributed by atoms with Gasteiger partial charge < -0.3 is 8.97 Å². The van der Waals surface area contributed by atoms with E-state index in [1.165, 1.54) is 0 Å². The highest BCUT2D eigenvalue weighted by Gasteiger charge is 2.08. The average molecular weight is 316 g/mol. The minimum atomic E-state index is 0.641. The molecule has 0 aliphatic carbocycles. The number of hydrogen-bond acceptors (Lipinski definition) is 1. The van der Waals surface area contributed by atoms with Gasteiger partial charge in [-0.2, -0.15) is 0 Å². The van der Waals surface area contributed by atoms with E-state index in [0.717, 1.165) is 22.2 Å². The average Bonchev–Trinajstić information content (AvgIpc) is 3.03. The fourth-order valence-corrected chi connectivity index (χ4v) is 3.14. The Kier molecular flexibility index (Phi) is 2.91. The number of halogens is 2. The predicted molar refractivity (Wildman–Crippen MR) is 86.3 cm³/mol. The number of hydrogen-bond donors (Lipinski definition) is 0. The Labute approximate surface area is 131 Å². The van der Waals surface area contributed by atoms with Crippen molar-refractivity contribution in [1.82, 2.24) is 14.0 Å². The molecule has 4 rings (SSSR count). The summed E-state index contributed by atoms with van der Waals surface area (Å²) in [7, 11) is 0. The number of benzene rings is 1. The van der Waals surface area contributed by atoms with Crippen molar-refractivity contribution in [1.29, 1.82) is 0 Å². The third-order valence-corrected chi connectivity index (χ3v) is 4.08. The summed E-state index contributed by atoms with van der Waals surface area (Å²) in [5.41, 5.74) is 2.96. The summed E-state index contributed by atoms with van der Waals surface area (Å²) in [6.45, 7) is 0.682.